The number of fused-ring (bicyclic) bond motifs is 6. The minimum absolute atomic E-state index is 0.102. The van der Waals surface area contributed by atoms with Crippen molar-refractivity contribution in [3.63, 3.8) is 0 Å². The first kappa shape index (κ1) is 22.0. The number of phenols is 2. The van der Waals surface area contributed by atoms with E-state index in [9.17, 15) is 15.3 Å². The van der Waals surface area contributed by atoms with Gasteiger partial charge >= 0.3 is 0 Å². The largest absolute Gasteiger partial charge is 0.507 e. The molecule has 0 heterocycles. The van der Waals surface area contributed by atoms with Gasteiger partial charge in [0.25, 0.3) is 0 Å². The minimum atomic E-state index is -0.669. The molecular formula is C30H34O3. The summed E-state index contributed by atoms with van der Waals surface area (Å²) in [6.07, 6.45) is 0.208. The van der Waals surface area contributed by atoms with Crippen LogP contribution in [0.5, 0.6) is 11.5 Å². The number of rotatable bonds is 2. The van der Waals surface area contributed by atoms with Crippen LogP contribution in [0.2, 0.25) is 0 Å². The molecule has 0 amide bonds. The Morgan fingerprint density at radius 3 is 1.85 bits per heavy atom. The Labute approximate surface area is 196 Å². The molecule has 3 heteroatoms. The SMILES string of the molecule is Cc1cc(O)c2c(c1)[C@H](C(C)C)Cc1cc3c(cc1-2)[C@@H](O)[C@@H](C(C)C)c1cc(C)cc(O)c1-3. The van der Waals surface area contributed by atoms with Gasteiger partial charge in [-0.15, -0.1) is 0 Å². The Bertz CT molecular complexity index is 1270. The normalized spacial score (nSPS) is 20.9. The summed E-state index contributed by atoms with van der Waals surface area (Å²) in [5.41, 5.74) is 9.97. The summed E-state index contributed by atoms with van der Waals surface area (Å²) >= 11 is 0. The van der Waals surface area contributed by atoms with E-state index < -0.39 is 6.10 Å². The molecule has 0 aliphatic heterocycles. The molecule has 0 unspecified atom stereocenters. The summed E-state index contributed by atoms with van der Waals surface area (Å²) in [6.45, 7) is 12.7. The standard InChI is InChI=1S/C30H34O3/c1-14(2)19-11-18-12-22-23(13-20(18)28-21(19)7-16(5)9-25(28)31)30(33)27(15(3)4)24-8-17(6)10-26(32)29(22)24/h7-10,12-15,19,27,30-33H,11H2,1-6H3/t19-,27-,30+/m0/s1. The van der Waals surface area contributed by atoms with Crippen molar-refractivity contribution in [2.75, 3.05) is 0 Å². The lowest BCUT2D eigenvalue weighted by Crippen LogP contribution is -2.23. The minimum Gasteiger partial charge on any atom is -0.507 e. The Morgan fingerprint density at radius 1 is 0.697 bits per heavy atom. The third-order valence-electron chi connectivity index (χ3n) is 7.78. The van der Waals surface area contributed by atoms with Crippen molar-refractivity contribution in [1.29, 1.82) is 0 Å². The average molecular weight is 443 g/mol. The van der Waals surface area contributed by atoms with Crippen molar-refractivity contribution in [2.24, 2.45) is 11.8 Å². The van der Waals surface area contributed by atoms with Gasteiger partial charge in [0.1, 0.15) is 11.5 Å². The molecule has 5 rings (SSSR count). The number of aryl methyl sites for hydroxylation is 2. The van der Waals surface area contributed by atoms with Crippen molar-refractivity contribution < 1.29 is 15.3 Å². The molecule has 3 atom stereocenters. The van der Waals surface area contributed by atoms with Crippen molar-refractivity contribution in [2.45, 2.75) is 65.9 Å². The molecule has 0 saturated heterocycles. The Kier molecular flexibility index (Phi) is 5.10. The van der Waals surface area contributed by atoms with Crippen LogP contribution >= 0.6 is 0 Å². The number of hydrogen-bond donors (Lipinski definition) is 3. The quantitative estimate of drug-likeness (QED) is 0.395. The van der Waals surface area contributed by atoms with Crippen LogP contribution in [0.4, 0.5) is 0 Å². The third-order valence-corrected chi connectivity index (χ3v) is 7.78. The van der Waals surface area contributed by atoms with Crippen LogP contribution in [0.25, 0.3) is 22.3 Å². The zero-order chi connectivity index (χ0) is 23.8. The van der Waals surface area contributed by atoms with E-state index in [1.807, 2.05) is 26.0 Å². The second-order valence-corrected chi connectivity index (χ2v) is 10.9. The zero-order valence-electron chi connectivity index (χ0n) is 20.4. The van der Waals surface area contributed by atoms with E-state index >= 15 is 0 Å². The highest BCUT2D eigenvalue weighted by Crippen LogP contribution is 2.55. The van der Waals surface area contributed by atoms with Gasteiger partial charge in [-0.25, -0.2) is 0 Å². The molecule has 0 saturated carbocycles. The second kappa shape index (κ2) is 7.63. The lowest BCUT2D eigenvalue weighted by Gasteiger charge is -2.38. The van der Waals surface area contributed by atoms with Gasteiger partial charge in [0.05, 0.1) is 6.10 Å². The van der Waals surface area contributed by atoms with Crippen molar-refractivity contribution in [3.05, 3.63) is 69.8 Å². The maximum absolute atomic E-state index is 11.6. The fraction of sp³-hybridized carbons (Fsp3) is 0.400. The van der Waals surface area contributed by atoms with Crippen LogP contribution in [0.1, 0.15) is 79.0 Å². The molecule has 172 valence electrons. The first-order valence-corrected chi connectivity index (χ1v) is 12.1. The number of aromatic hydroxyl groups is 2. The van der Waals surface area contributed by atoms with Crippen LogP contribution in [-0.2, 0) is 6.42 Å². The fourth-order valence-corrected chi connectivity index (χ4v) is 6.28. The van der Waals surface area contributed by atoms with Gasteiger partial charge in [0, 0.05) is 17.0 Å². The molecule has 0 spiro atoms. The number of benzene rings is 3. The first-order valence-electron chi connectivity index (χ1n) is 12.1. The molecule has 0 radical (unpaired) electrons. The maximum Gasteiger partial charge on any atom is 0.123 e. The van der Waals surface area contributed by atoms with Crippen molar-refractivity contribution >= 4 is 0 Å². The predicted octanol–water partition coefficient (Wildman–Crippen LogP) is 7.13. The van der Waals surface area contributed by atoms with Gasteiger partial charge in [-0.05, 0) is 107 Å². The lowest BCUT2D eigenvalue weighted by atomic mass is 9.68. The van der Waals surface area contributed by atoms with E-state index in [1.54, 1.807) is 0 Å². The highest BCUT2D eigenvalue weighted by molar-refractivity contribution is 5.87. The number of aliphatic hydroxyl groups is 1. The molecule has 3 nitrogen and oxygen atoms in total. The van der Waals surface area contributed by atoms with Crippen LogP contribution < -0.4 is 0 Å². The topological polar surface area (TPSA) is 60.7 Å². The van der Waals surface area contributed by atoms with Gasteiger partial charge in [-0.1, -0.05) is 39.8 Å². The molecule has 0 aromatic heterocycles. The van der Waals surface area contributed by atoms with E-state index in [-0.39, 0.29) is 17.6 Å². The van der Waals surface area contributed by atoms with Crippen molar-refractivity contribution in [1.82, 2.24) is 0 Å². The van der Waals surface area contributed by atoms with Gasteiger partial charge in [0.2, 0.25) is 0 Å². The summed E-state index contributed by atoms with van der Waals surface area (Å²) in [5, 5.41) is 33.6. The van der Waals surface area contributed by atoms with E-state index in [0.717, 1.165) is 50.9 Å². The zero-order valence-corrected chi connectivity index (χ0v) is 20.4. The molecule has 0 bridgehead atoms. The van der Waals surface area contributed by atoms with Crippen LogP contribution in [0, 0.1) is 25.7 Å². The van der Waals surface area contributed by atoms with E-state index in [2.05, 4.69) is 52.0 Å². The first-order chi connectivity index (χ1) is 15.6. The molecular weight excluding hydrogens is 408 g/mol. The third kappa shape index (κ3) is 3.28. The van der Waals surface area contributed by atoms with Crippen molar-refractivity contribution in [3.8, 4) is 33.8 Å². The summed E-state index contributed by atoms with van der Waals surface area (Å²) in [7, 11) is 0. The highest BCUT2D eigenvalue weighted by Gasteiger charge is 2.38. The summed E-state index contributed by atoms with van der Waals surface area (Å²) < 4.78 is 0. The Hall–Kier alpha value is -2.78. The predicted molar refractivity (Wildman–Crippen MR) is 134 cm³/mol. The van der Waals surface area contributed by atoms with Gasteiger partial charge in [-0.3, -0.25) is 0 Å². The van der Waals surface area contributed by atoms with Crippen LogP contribution in [-0.4, -0.2) is 15.3 Å². The Morgan fingerprint density at radius 2 is 1.27 bits per heavy atom. The number of hydrogen-bond acceptors (Lipinski definition) is 3. The number of aliphatic hydroxyl groups excluding tert-OH is 1. The summed E-state index contributed by atoms with van der Waals surface area (Å²) in [5.74, 6) is 1.42. The molecule has 3 N–H and O–H groups in total. The Balaban J connectivity index is 1.82. The molecule has 2 aliphatic rings. The molecule has 3 aromatic carbocycles. The second-order valence-electron chi connectivity index (χ2n) is 10.9. The summed E-state index contributed by atoms with van der Waals surface area (Å²) in [4.78, 5) is 0. The smallest absolute Gasteiger partial charge is 0.123 e. The van der Waals surface area contributed by atoms with Gasteiger partial charge in [0.15, 0.2) is 0 Å². The molecule has 33 heavy (non-hydrogen) atoms. The average Bonchev–Trinajstić information content (AvgIpc) is 2.70. The van der Waals surface area contributed by atoms with Gasteiger partial charge < -0.3 is 15.3 Å². The lowest BCUT2D eigenvalue weighted by molar-refractivity contribution is 0.121. The van der Waals surface area contributed by atoms with Crippen LogP contribution in [0.15, 0.2) is 36.4 Å². The molecule has 3 aromatic rings. The maximum atomic E-state index is 11.6. The highest BCUT2D eigenvalue weighted by atomic mass is 16.3. The van der Waals surface area contributed by atoms with E-state index in [0.29, 0.717) is 17.6 Å². The molecule has 0 fully saturated rings. The molecule has 2 aliphatic carbocycles. The van der Waals surface area contributed by atoms with E-state index in [1.165, 1.54) is 11.1 Å². The van der Waals surface area contributed by atoms with Crippen LogP contribution in [0.3, 0.4) is 0 Å². The summed E-state index contributed by atoms with van der Waals surface area (Å²) in [6, 6.07) is 12.2. The number of phenolic OH excluding ortho intramolecular Hbond substituents is 2. The monoisotopic (exact) mass is 442 g/mol. The van der Waals surface area contributed by atoms with E-state index in [4.69, 9.17) is 0 Å². The van der Waals surface area contributed by atoms with Gasteiger partial charge in [-0.2, -0.15) is 0 Å². The fourth-order valence-electron chi connectivity index (χ4n) is 6.28.